The van der Waals surface area contributed by atoms with Gasteiger partial charge >= 0.3 is 0 Å². The number of amides is 1. The number of carbonyl (C=O) groups is 1. The van der Waals surface area contributed by atoms with Crippen LogP contribution in [0.1, 0.15) is 19.8 Å². The summed E-state index contributed by atoms with van der Waals surface area (Å²) < 4.78 is 5.34. The summed E-state index contributed by atoms with van der Waals surface area (Å²) in [5, 5.41) is 2.63. The third kappa shape index (κ3) is 2.63. The van der Waals surface area contributed by atoms with Crippen LogP contribution in [-0.4, -0.2) is 29.6 Å². The molecule has 74 valence electrons. The summed E-state index contributed by atoms with van der Waals surface area (Å²) in [7, 11) is 0. The molecule has 1 heterocycles. The molecule has 1 fully saturated rings. The Hall–Kier alpha value is -0.680. The van der Waals surface area contributed by atoms with Gasteiger partial charge in [-0.25, -0.2) is 0 Å². The number of hydrogen-bond donors (Lipinski definition) is 2. The molecule has 1 atom stereocenters. The van der Waals surface area contributed by atoms with Crippen molar-refractivity contribution < 1.29 is 9.53 Å². The maximum atomic E-state index is 11.5. The van der Waals surface area contributed by atoms with Gasteiger partial charge < -0.3 is 15.8 Å². The quantitative estimate of drug-likeness (QED) is 0.630. The van der Waals surface area contributed by atoms with Crippen molar-refractivity contribution in [3.8, 4) is 0 Å². The summed E-state index contributed by atoms with van der Waals surface area (Å²) in [5.41, 5.74) is 4.58. The van der Waals surface area contributed by atoms with Gasteiger partial charge in [0.2, 0.25) is 0 Å². The monoisotopic (exact) mass is 202 g/mol. The summed E-state index contributed by atoms with van der Waals surface area (Å²) >= 11 is 4.65. The number of rotatable bonds is 3. The van der Waals surface area contributed by atoms with E-state index < -0.39 is 5.60 Å². The van der Waals surface area contributed by atoms with E-state index in [1.54, 1.807) is 6.92 Å². The zero-order valence-electron chi connectivity index (χ0n) is 7.63. The lowest BCUT2D eigenvalue weighted by Crippen LogP contribution is -2.46. The van der Waals surface area contributed by atoms with Crippen LogP contribution >= 0.6 is 12.2 Å². The second kappa shape index (κ2) is 4.02. The minimum absolute atomic E-state index is 0.127. The van der Waals surface area contributed by atoms with Gasteiger partial charge in [-0.1, -0.05) is 12.2 Å². The highest BCUT2D eigenvalue weighted by atomic mass is 32.1. The lowest BCUT2D eigenvalue weighted by atomic mass is 10.0. The molecule has 1 saturated heterocycles. The number of thiocarbonyl (C=S) groups is 1. The Bertz CT molecular complexity index is 224. The number of hydrogen-bond acceptors (Lipinski definition) is 3. The Kier molecular flexibility index (Phi) is 3.22. The fraction of sp³-hybridized carbons (Fsp3) is 0.750. The molecular formula is C8H14N2O2S. The van der Waals surface area contributed by atoms with Crippen molar-refractivity contribution in [1.82, 2.24) is 5.32 Å². The lowest BCUT2D eigenvalue weighted by Gasteiger charge is -2.21. The summed E-state index contributed by atoms with van der Waals surface area (Å²) in [5.74, 6) is -0.127. The fourth-order valence-corrected chi connectivity index (χ4v) is 1.38. The topological polar surface area (TPSA) is 64.4 Å². The second-order valence-corrected chi connectivity index (χ2v) is 3.86. The number of nitrogens with two attached hydrogens (primary N) is 1. The van der Waals surface area contributed by atoms with E-state index in [4.69, 9.17) is 10.5 Å². The molecule has 3 N–H and O–H groups in total. The van der Waals surface area contributed by atoms with Crippen LogP contribution in [0.2, 0.25) is 0 Å². The standard InChI is InChI=1S/C8H14N2O2S/c1-8(3-2-4-12-8)7(11)10-5-6(9)13/h2-5H2,1H3,(H2,9,13)(H,10,11). The molecule has 0 aliphatic carbocycles. The molecule has 4 nitrogen and oxygen atoms in total. The highest BCUT2D eigenvalue weighted by Gasteiger charge is 2.37. The molecule has 0 aromatic rings. The molecule has 0 aromatic heterocycles. The van der Waals surface area contributed by atoms with E-state index in [0.717, 1.165) is 12.8 Å². The molecule has 0 aromatic carbocycles. The first-order valence-corrected chi connectivity index (χ1v) is 4.66. The maximum Gasteiger partial charge on any atom is 0.252 e. The molecule has 0 spiro atoms. The summed E-state index contributed by atoms with van der Waals surface area (Å²) in [4.78, 5) is 11.8. The van der Waals surface area contributed by atoms with Gasteiger partial charge in [-0.3, -0.25) is 4.79 Å². The largest absolute Gasteiger partial charge is 0.392 e. The third-order valence-corrected chi connectivity index (χ3v) is 2.27. The van der Waals surface area contributed by atoms with E-state index in [9.17, 15) is 4.79 Å². The van der Waals surface area contributed by atoms with Crippen LogP contribution in [0, 0.1) is 0 Å². The molecule has 13 heavy (non-hydrogen) atoms. The first kappa shape index (κ1) is 10.4. The van der Waals surface area contributed by atoms with E-state index in [0.29, 0.717) is 6.61 Å². The second-order valence-electron chi connectivity index (χ2n) is 3.33. The van der Waals surface area contributed by atoms with Crippen molar-refractivity contribution in [2.75, 3.05) is 13.2 Å². The predicted molar refractivity (Wildman–Crippen MR) is 53.4 cm³/mol. The van der Waals surface area contributed by atoms with E-state index in [-0.39, 0.29) is 17.4 Å². The van der Waals surface area contributed by atoms with Crippen LogP contribution in [0.25, 0.3) is 0 Å². The highest BCUT2D eigenvalue weighted by molar-refractivity contribution is 7.80. The Morgan fingerprint density at radius 2 is 2.46 bits per heavy atom. The average molecular weight is 202 g/mol. The van der Waals surface area contributed by atoms with E-state index in [1.807, 2.05) is 0 Å². The Balaban J connectivity index is 2.42. The maximum absolute atomic E-state index is 11.5. The highest BCUT2D eigenvalue weighted by Crippen LogP contribution is 2.24. The molecule has 0 saturated carbocycles. The summed E-state index contributed by atoms with van der Waals surface area (Å²) in [6.07, 6.45) is 1.69. The van der Waals surface area contributed by atoms with Gasteiger partial charge in [0.05, 0.1) is 11.5 Å². The van der Waals surface area contributed by atoms with Crippen LogP contribution < -0.4 is 11.1 Å². The smallest absolute Gasteiger partial charge is 0.252 e. The number of nitrogens with one attached hydrogen (secondary N) is 1. The Morgan fingerprint density at radius 3 is 2.92 bits per heavy atom. The molecule has 1 rings (SSSR count). The van der Waals surface area contributed by atoms with Crippen LogP contribution in [0.4, 0.5) is 0 Å². The van der Waals surface area contributed by atoms with Crippen molar-refractivity contribution in [2.45, 2.75) is 25.4 Å². The van der Waals surface area contributed by atoms with Gasteiger partial charge in [0.15, 0.2) is 0 Å². The molecule has 0 bridgehead atoms. The van der Waals surface area contributed by atoms with Crippen molar-refractivity contribution >= 4 is 23.1 Å². The van der Waals surface area contributed by atoms with Gasteiger partial charge in [-0.15, -0.1) is 0 Å². The molecular weight excluding hydrogens is 188 g/mol. The lowest BCUT2D eigenvalue weighted by molar-refractivity contribution is -0.139. The predicted octanol–water partition coefficient (Wildman–Crippen LogP) is -0.0422. The molecule has 1 aliphatic rings. The van der Waals surface area contributed by atoms with E-state index in [1.165, 1.54) is 0 Å². The minimum atomic E-state index is -0.676. The zero-order valence-corrected chi connectivity index (χ0v) is 8.45. The molecule has 5 heteroatoms. The fourth-order valence-electron chi connectivity index (χ4n) is 1.31. The summed E-state index contributed by atoms with van der Waals surface area (Å²) in [6.45, 7) is 2.68. The van der Waals surface area contributed by atoms with Crippen LogP contribution in [0.15, 0.2) is 0 Å². The van der Waals surface area contributed by atoms with Gasteiger partial charge in [0.25, 0.3) is 5.91 Å². The van der Waals surface area contributed by atoms with Crippen molar-refractivity contribution in [1.29, 1.82) is 0 Å². The van der Waals surface area contributed by atoms with E-state index >= 15 is 0 Å². The number of ether oxygens (including phenoxy) is 1. The summed E-state index contributed by atoms with van der Waals surface area (Å²) in [6, 6.07) is 0. The third-order valence-electron chi connectivity index (χ3n) is 2.12. The van der Waals surface area contributed by atoms with Crippen LogP contribution in [0.3, 0.4) is 0 Å². The minimum Gasteiger partial charge on any atom is -0.392 e. The number of carbonyl (C=O) groups excluding carboxylic acids is 1. The average Bonchev–Trinajstić information content (AvgIpc) is 2.49. The SMILES string of the molecule is CC1(C(=O)NCC(N)=S)CCCO1. The Labute approximate surface area is 82.8 Å². The van der Waals surface area contributed by atoms with Gasteiger partial charge in [-0.05, 0) is 19.8 Å². The Morgan fingerprint density at radius 1 is 1.77 bits per heavy atom. The van der Waals surface area contributed by atoms with Crippen LogP contribution in [-0.2, 0) is 9.53 Å². The molecule has 1 amide bonds. The van der Waals surface area contributed by atoms with Gasteiger partial charge in [-0.2, -0.15) is 0 Å². The van der Waals surface area contributed by atoms with Crippen LogP contribution in [0.5, 0.6) is 0 Å². The zero-order chi connectivity index (χ0) is 9.90. The molecule has 0 radical (unpaired) electrons. The first-order chi connectivity index (χ1) is 6.04. The normalized spacial score (nSPS) is 27.2. The van der Waals surface area contributed by atoms with Gasteiger partial charge in [0.1, 0.15) is 5.60 Å². The van der Waals surface area contributed by atoms with Crippen molar-refractivity contribution in [2.24, 2.45) is 5.73 Å². The first-order valence-electron chi connectivity index (χ1n) is 4.25. The van der Waals surface area contributed by atoms with Gasteiger partial charge in [0, 0.05) is 6.61 Å². The van der Waals surface area contributed by atoms with Crippen molar-refractivity contribution in [3.63, 3.8) is 0 Å². The molecule has 1 unspecified atom stereocenters. The van der Waals surface area contributed by atoms with E-state index in [2.05, 4.69) is 17.5 Å². The molecule has 1 aliphatic heterocycles. The van der Waals surface area contributed by atoms with Crippen molar-refractivity contribution in [3.05, 3.63) is 0 Å².